The highest BCUT2D eigenvalue weighted by Gasteiger charge is 2.09. The van der Waals surface area contributed by atoms with E-state index in [9.17, 15) is 0 Å². The first-order chi connectivity index (χ1) is 8.08. The lowest BCUT2D eigenvalue weighted by atomic mass is 10.2. The highest BCUT2D eigenvalue weighted by Crippen LogP contribution is 2.31. The van der Waals surface area contributed by atoms with E-state index in [1.165, 1.54) is 0 Å². The van der Waals surface area contributed by atoms with Crippen LogP contribution in [0.1, 0.15) is 5.69 Å². The van der Waals surface area contributed by atoms with E-state index in [1.54, 1.807) is 0 Å². The van der Waals surface area contributed by atoms with Crippen LogP contribution in [0.25, 0.3) is 10.9 Å². The lowest BCUT2D eigenvalue weighted by Gasteiger charge is -2.11. The molecule has 0 unspecified atom stereocenters. The van der Waals surface area contributed by atoms with Gasteiger partial charge in [-0.25, -0.2) is 0 Å². The van der Waals surface area contributed by atoms with Gasteiger partial charge in [-0.1, -0.05) is 11.6 Å². The van der Waals surface area contributed by atoms with E-state index < -0.39 is 0 Å². The van der Waals surface area contributed by atoms with Crippen LogP contribution in [0.3, 0.4) is 0 Å². The predicted molar refractivity (Wildman–Crippen MR) is 72.1 cm³/mol. The van der Waals surface area contributed by atoms with Gasteiger partial charge in [-0.15, -0.1) is 0 Å². The molecule has 0 radical (unpaired) electrons. The minimum absolute atomic E-state index is 0.684. The fourth-order valence-electron chi connectivity index (χ4n) is 1.79. The fraction of sp³-hybridized carbons (Fsp3) is 0.385. The Balaban J connectivity index is 2.24. The van der Waals surface area contributed by atoms with Gasteiger partial charge < -0.3 is 14.6 Å². The molecule has 1 aromatic heterocycles. The van der Waals surface area contributed by atoms with Crippen molar-refractivity contribution in [1.82, 2.24) is 9.88 Å². The number of likely N-dealkylation sites (N-methyl/N-ethyl adjacent to an activating group) is 1. The Labute approximate surface area is 106 Å². The van der Waals surface area contributed by atoms with Crippen LogP contribution in [0.2, 0.25) is 5.02 Å². The zero-order valence-corrected chi connectivity index (χ0v) is 11.1. The number of aryl methyl sites for hydroxylation is 1. The van der Waals surface area contributed by atoms with Gasteiger partial charge in [-0.3, -0.25) is 0 Å². The minimum atomic E-state index is 0.684. The lowest BCUT2D eigenvalue weighted by molar-refractivity contribution is 0.262. The monoisotopic (exact) mass is 252 g/mol. The van der Waals surface area contributed by atoms with Gasteiger partial charge in [-0.05, 0) is 39.2 Å². The van der Waals surface area contributed by atoms with Crippen molar-refractivity contribution in [3.05, 3.63) is 28.9 Å². The summed E-state index contributed by atoms with van der Waals surface area (Å²) in [6.45, 7) is 3.60. The summed E-state index contributed by atoms with van der Waals surface area (Å²) in [5.41, 5.74) is 2.07. The van der Waals surface area contributed by atoms with E-state index in [1.807, 2.05) is 39.2 Å². The molecule has 2 aromatic rings. The number of hydrogen-bond donors (Lipinski definition) is 1. The Kier molecular flexibility index (Phi) is 3.60. The predicted octanol–water partition coefficient (Wildman–Crippen LogP) is 3.07. The largest absolute Gasteiger partial charge is 0.490 e. The molecule has 2 rings (SSSR count). The van der Waals surface area contributed by atoms with Crippen LogP contribution in [-0.4, -0.2) is 37.1 Å². The molecule has 0 spiro atoms. The number of halogens is 1. The van der Waals surface area contributed by atoms with E-state index in [0.717, 1.165) is 33.9 Å². The highest BCUT2D eigenvalue weighted by molar-refractivity contribution is 6.31. The molecule has 1 heterocycles. The van der Waals surface area contributed by atoms with Crippen LogP contribution < -0.4 is 4.74 Å². The van der Waals surface area contributed by atoms with E-state index in [-0.39, 0.29) is 0 Å². The van der Waals surface area contributed by atoms with Crippen molar-refractivity contribution < 1.29 is 4.74 Å². The second-order valence-corrected chi connectivity index (χ2v) is 4.86. The average Bonchev–Trinajstić information content (AvgIpc) is 2.54. The summed E-state index contributed by atoms with van der Waals surface area (Å²) >= 11 is 5.96. The summed E-state index contributed by atoms with van der Waals surface area (Å²) in [5, 5.41) is 1.82. The second kappa shape index (κ2) is 4.98. The maximum atomic E-state index is 5.96. The number of aromatic nitrogens is 1. The Morgan fingerprint density at radius 2 is 2.12 bits per heavy atom. The second-order valence-electron chi connectivity index (χ2n) is 4.42. The number of benzene rings is 1. The molecular weight excluding hydrogens is 236 g/mol. The van der Waals surface area contributed by atoms with Crippen LogP contribution >= 0.6 is 11.6 Å². The third-order valence-electron chi connectivity index (χ3n) is 2.67. The number of rotatable bonds is 4. The molecule has 0 aliphatic heterocycles. The molecule has 0 aliphatic carbocycles. The summed E-state index contributed by atoms with van der Waals surface area (Å²) < 4.78 is 5.82. The maximum Gasteiger partial charge on any atom is 0.147 e. The summed E-state index contributed by atoms with van der Waals surface area (Å²) in [5.74, 6) is 0.929. The van der Waals surface area contributed by atoms with Gasteiger partial charge in [0.2, 0.25) is 0 Å². The zero-order valence-electron chi connectivity index (χ0n) is 10.4. The Hall–Kier alpha value is -1.19. The summed E-state index contributed by atoms with van der Waals surface area (Å²) in [6.07, 6.45) is 0. The average molecular weight is 253 g/mol. The number of fused-ring (bicyclic) bond motifs is 1. The molecule has 0 fully saturated rings. The number of nitrogens with zero attached hydrogens (tertiary/aromatic N) is 1. The van der Waals surface area contributed by atoms with E-state index in [4.69, 9.17) is 16.3 Å². The van der Waals surface area contributed by atoms with Gasteiger partial charge in [-0.2, -0.15) is 0 Å². The molecule has 1 aromatic carbocycles. The van der Waals surface area contributed by atoms with E-state index in [0.29, 0.717) is 6.61 Å². The molecule has 0 atom stereocenters. The zero-order chi connectivity index (χ0) is 12.4. The van der Waals surface area contributed by atoms with Crippen molar-refractivity contribution in [1.29, 1.82) is 0 Å². The van der Waals surface area contributed by atoms with Gasteiger partial charge >= 0.3 is 0 Å². The van der Waals surface area contributed by atoms with Crippen molar-refractivity contribution in [3.8, 4) is 5.75 Å². The van der Waals surface area contributed by atoms with Crippen molar-refractivity contribution in [2.45, 2.75) is 6.92 Å². The smallest absolute Gasteiger partial charge is 0.147 e. The molecule has 0 amide bonds. The first-order valence-corrected chi connectivity index (χ1v) is 6.01. The summed E-state index contributed by atoms with van der Waals surface area (Å²) in [7, 11) is 4.07. The third kappa shape index (κ3) is 2.73. The molecule has 92 valence electrons. The quantitative estimate of drug-likeness (QED) is 0.906. The lowest BCUT2D eigenvalue weighted by Crippen LogP contribution is -2.19. The topological polar surface area (TPSA) is 28.3 Å². The summed E-state index contributed by atoms with van der Waals surface area (Å²) in [6, 6.07) is 5.80. The Morgan fingerprint density at radius 3 is 2.82 bits per heavy atom. The van der Waals surface area contributed by atoms with Crippen molar-refractivity contribution in [3.63, 3.8) is 0 Å². The van der Waals surface area contributed by atoms with Crippen LogP contribution in [0, 0.1) is 6.92 Å². The summed E-state index contributed by atoms with van der Waals surface area (Å²) in [4.78, 5) is 5.38. The standard InChI is InChI=1S/C13H17ClN2O/c1-9-13(17-7-6-16(2)3)11-5-4-10(14)8-12(11)15-9/h4-5,8,15H,6-7H2,1-3H3. The Morgan fingerprint density at radius 1 is 1.35 bits per heavy atom. The van der Waals surface area contributed by atoms with Crippen LogP contribution in [0.4, 0.5) is 0 Å². The fourth-order valence-corrected chi connectivity index (χ4v) is 1.97. The third-order valence-corrected chi connectivity index (χ3v) is 2.91. The molecular formula is C13H17ClN2O. The molecule has 3 nitrogen and oxygen atoms in total. The number of hydrogen-bond acceptors (Lipinski definition) is 2. The molecule has 0 saturated heterocycles. The van der Waals surface area contributed by atoms with E-state index >= 15 is 0 Å². The number of ether oxygens (including phenoxy) is 1. The van der Waals surface area contributed by atoms with E-state index in [2.05, 4.69) is 9.88 Å². The molecule has 1 N–H and O–H groups in total. The number of H-pyrrole nitrogens is 1. The van der Waals surface area contributed by atoms with Gasteiger partial charge in [0.1, 0.15) is 12.4 Å². The first-order valence-electron chi connectivity index (χ1n) is 5.63. The molecule has 0 saturated carbocycles. The van der Waals surface area contributed by atoms with Gasteiger partial charge in [0.15, 0.2) is 0 Å². The number of nitrogens with one attached hydrogen (secondary N) is 1. The van der Waals surface area contributed by atoms with Crippen molar-refractivity contribution >= 4 is 22.5 Å². The maximum absolute atomic E-state index is 5.96. The normalized spacial score (nSPS) is 11.4. The molecule has 0 bridgehead atoms. The van der Waals surface area contributed by atoms with Gasteiger partial charge in [0.25, 0.3) is 0 Å². The van der Waals surface area contributed by atoms with Crippen LogP contribution in [0.5, 0.6) is 5.75 Å². The minimum Gasteiger partial charge on any atom is -0.490 e. The van der Waals surface area contributed by atoms with Crippen molar-refractivity contribution in [2.75, 3.05) is 27.2 Å². The molecule has 17 heavy (non-hydrogen) atoms. The van der Waals surface area contributed by atoms with Gasteiger partial charge in [0, 0.05) is 17.0 Å². The van der Waals surface area contributed by atoms with Gasteiger partial charge in [0.05, 0.1) is 11.2 Å². The SMILES string of the molecule is Cc1[nH]c2cc(Cl)ccc2c1OCCN(C)C. The first kappa shape index (κ1) is 12.3. The number of aromatic amines is 1. The van der Waals surface area contributed by atoms with Crippen LogP contribution in [0.15, 0.2) is 18.2 Å². The Bertz CT molecular complexity index is 519. The van der Waals surface area contributed by atoms with Crippen LogP contribution in [-0.2, 0) is 0 Å². The molecule has 0 aliphatic rings. The highest BCUT2D eigenvalue weighted by atomic mass is 35.5. The molecule has 4 heteroatoms. The van der Waals surface area contributed by atoms with Crippen molar-refractivity contribution in [2.24, 2.45) is 0 Å².